The van der Waals surface area contributed by atoms with Crippen LogP contribution in [0, 0.1) is 6.92 Å². The van der Waals surface area contributed by atoms with Crippen molar-refractivity contribution in [1.29, 1.82) is 0 Å². The van der Waals surface area contributed by atoms with Crippen LogP contribution in [0.4, 0.5) is 5.82 Å². The molecule has 2 heterocycles. The molecule has 1 aliphatic heterocycles. The van der Waals surface area contributed by atoms with Gasteiger partial charge in [-0.25, -0.2) is 4.98 Å². The molecule has 0 aromatic carbocycles. The second-order valence-electron chi connectivity index (χ2n) is 4.99. The summed E-state index contributed by atoms with van der Waals surface area (Å²) < 4.78 is 5.76. The molecule has 18 heavy (non-hydrogen) atoms. The number of hydrogen-bond donors (Lipinski definition) is 0. The van der Waals surface area contributed by atoms with Gasteiger partial charge in [0.15, 0.2) is 0 Å². The molecule has 1 aliphatic rings. The van der Waals surface area contributed by atoms with Crippen molar-refractivity contribution in [3.8, 4) is 0 Å². The number of aromatic nitrogens is 1. The topological polar surface area (TPSA) is 25.4 Å². The summed E-state index contributed by atoms with van der Waals surface area (Å²) in [6, 6.07) is 2.10. The smallest absolute Gasteiger partial charge is 0.131 e. The average Bonchev–Trinajstić information content (AvgIpc) is 2.39. The maximum Gasteiger partial charge on any atom is 0.131 e. The third-order valence-electron chi connectivity index (χ3n) is 3.37. The summed E-state index contributed by atoms with van der Waals surface area (Å²) in [5.41, 5.74) is 2.24. The monoisotopic (exact) mass is 268 g/mol. The van der Waals surface area contributed by atoms with Crippen molar-refractivity contribution in [3.63, 3.8) is 0 Å². The average molecular weight is 269 g/mol. The summed E-state index contributed by atoms with van der Waals surface area (Å²) in [6.45, 7) is 3.89. The first-order chi connectivity index (χ1) is 8.70. The predicted molar refractivity (Wildman–Crippen MR) is 75.4 cm³/mol. The maximum absolute atomic E-state index is 5.81. The van der Waals surface area contributed by atoms with Crippen LogP contribution in [-0.2, 0) is 10.6 Å². The number of rotatable bonds is 4. The summed E-state index contributed by atoms with van der Waals surface area (Å²) in [6.07, 6.45) is 5.83. The van der Waals surface area contributed by atoms with Crippen molar-refractivity contribution in [1.82, 2.24) is 4.98 Å². The van der Waals surface area contributed by atoms with Crippen LogP contribution < -0.4 is 4.90 Å². The molecule has 1 unspecified atom stereocenters. The van der Waals surface area contributed by atoms with E-state index in [2.05, 4.69) is 29.9 Å². The molecule has 1 saturated heterocycles. The van der Waals surface area contributed by atoms with Crippen LogP contribution >= 0.6 is 11.6 Å². The Labute approximate surface area is 114 Å². The lowest BCUT2D eigenvalue weighted by atomic mass is 10.1. The van der Waals surface area contributed by atoms with Crippen LogP contribution in [0.1, 0.15) is 30.4 Å². The molecule has 0 bridgehead atoms. The number of nitrogens with zero attached hydrogens (tertiary/aromatic N) is 2. The van der Waals surface area contributed by atoms with E-state index in [-0.39, 0.29) is 0 Å². The third-order valence-corrected chi connectivity index (χ3v) is 3.68. The van der Waals surface area contributed by atoms with Crippen molar-refractivity contribution in [3.05, 3.63) is 23.4 Å². The highest BCUT2D eigenvalue weighted by Crippen LogP contribution is 2.20. The van der Waals surface area contributed by atoms with Crippen LogP contribution in [0.5, 0.6) is 0 Å². The Kier molecular flexibility index (Phi) is 4.84. The van der Waals surface area contributed by atoms with Gasteiger partial charge in [-0.3, -0.25) is 0 Å². The fraction of sp³-hybridized carbons (Fsp3) is 0.643. The molecular formula is C14H21ClN2O. The molecular weight excluding hydrogens is 248 g/mol. The molecule has 0 aliphatic carbocycles. The molecule has 1 atom stereocenters. The molecule has 0 spiro atoms. The molecule has 0 amide bonds. The summed E-state index contributed by atoms with van der Waals surface area (Å²) in [7, 11) is 2.08. The van der Waals surface area contributed by atoms with Crippen LogP contribution in [0.2, 0.25) is 0 Å². The normalized spacial score (nSPS) is 19.8. The highest BCUT2D eigenvalue weighted by molar-refractivity contribution is 6.17. The summed E-state index contributed by atoms with van der Waals surface area (Å²) >= 11 is 5.81. The van der Waals surface area contributed by atoms with Gasteiger partial charge in [-0.1, -0.05) is 0 Å². The van der Waals surface area contributed by atoms with Crippen molar-refractivity contribution in [2.24, 2.45) is 0 Å². The molecule has 2 rings (SSSR count). The van der Waals surface area contributed by atoms with Crippen molar-refractivity contribution in [2.75, 3.05) is 25.1 Å². The molecule has 4 heteroatoms. The number of hydrogen-bond acceptors (Lipinski definition) is 3. The number of alkyl halides is 1. The first-order valence-corrected chi connectivity index (χ1v) is 7.08. The van der Waals surface area contributed by atoms with Crippen LogP contribution in [0.25, 0.3) is 0 Å². The molecule has 100 valence electrons. The van der Waals surface area contributed by atoms with Gasteiger partial charge >= 0.3 is 0 Å². The van der Waals surface area contributed by atoms with Gasteiger partial charge in [-0.15, -0.1) is 11.6 Å². The standard InChI is InChI=1S/C14H21ClN2O/c1-11-7-12(8-15)9-16-14(11)17(2)10-13-5-3-4-6-18-13/h7,9,13H,3-6,8,10H2,1-2H3. The molecule has 0 saturated carbocycles. The molecule has 1 aromatic heterocycles. The van der Waals surface area contributed by atoms with Gasteiger partial charge in [0.25, 0.3) is 0 Å². The van der Waals surface area contributed by atoms with Crippen molar-refractivity contribution in [2.45, 2.75) is 38.2 Å². The zero-order valence-electron chi connectivity index (χ0n) is 11.2. The van der Waals surface area contributed by atoms with E-state index in [9.17, 15) is 0 Å². The Hall–Kier alpha value is -0.800. The van der Waals surface area contributed by atoms with E-state index in [1.807, 2.05) is 6.20 Å². The fourth-order valence-electron chi connectivity index (χ4n) is 2.44. The molecule has 0 radical (unpaired) electrons. The third kappa shape index (κ3) is 3.36. The number of aryl methyl sites for hydroxylation is 1. The lowest BCUT2D eigenvalue weighted by Gasteiger charge is -2.28. The van der Waals surface area contributed by atoms with Gasteiger partial charge < -0.3 is 9.64 Å². The second-order valence-corrected chi connectivity index (χ2v) is 5.25. The van der Waals surface area contributed by atoms with Gasteiger partial charge in [-0.05, 0) is 43.4 Å². The summed E-state index contributed by atoms with van der Waals surface area (Å²) in [4.78, 5) is 6.68. The van der Waals surface area contributed by atoms with Gasteiger partial charge in [0.05, 0.1) is 6.10 Å². The van der Waals surface area contributed by atoms with E-state index in [4.69, 9.17) is 16.3 Å². The second kappa shape index (κ2) is 6.39. The molecule has 1 fully saturated rings. The van der Waals surface area contributed by atoms with Crippen molar-refractivity contribution < 1.29 is 4.74 Å². The Morgan fingerprint density at radius 3 is 2.94 bits per heavy atom. The van der Waals surface area contributed by atoms with Gasteiger partial charge in [-0.2, -0.15) is 0 Å². The van der Waals surface area contributed by atoms with Crippen molar-refractivity contribution >= 4 is 17.4 Å². The molecule has 3 nitrogen and oxygen atoms in total. The summed E-state index contributed by atoms with van der Waals surface area (Å²) in [5.74, 6) is 1.54. The minimum absolute atomic E-state index is 0.345. The first kappa shape index (κ1) is 13.6. The minimum atomic E-state index is 0.345. The van der Waals surface area contributed by atoms with Crippen LogP contribution in [-0.4, -0.2) is 31.3 Å². The van der Waals surface area contributed by atoms with Gasteiger partial charge in [0.1, 0.15) is 5.82 Å². The quantitative estimate of drug-likeness (QED) is 0.785. The highest BCUT2D eigenvalue weighted by atomic mass is 35.5. The Bertz CT molecular complexity index is 391. The maximum atomic E-state index is 5.81. The van der Waals surface area contributed by atoms with E-state index in [0.717, 1.165) is 31.0 Å². The molecule has 1 aromatic rings. The van der Waals surface area contributed by atoms with Gasteiger partial charge in [0, 0.05) is 32.3 Å². The number of halogens is 1. The Morgan fingerprint density at radius 2 is 2.33 bits per heavy atom. The van der Waals surface area contributed by atoms with E-state index in [1.165, 1.54) is 18.4 Å². The number of likely N-dealkylation sites (N-methyl/N-ethyl adjacent to an activating group) is 1. The highest BCUT2D eigenvalue weighted by Gasteiger charge is 2.17. The number of ether oxygens (including phenoxy) is 1. The fourth-order valence-corrected chi connectivity index (χ4v) is 2.59. The lowest BCUT2D eigenvalue weighted by molar-refractivity contribution is 0.0215. The largest absolute Gasteiger partial charge is 0.376 e. The van der Waals surface area contributed by atoms with Gasteiger partial charge in [0.2, 0.25) is 0 Å². The zero-order chi connectivity index (χ0) is 13.0. The SMILES string of the molecule is Cc1cc(CCl)cnc1N(C)CC1CCCCO1. The van der Waals surface area contributed by atoms with E-state index >= 15 is 0 Å². The molecule has 0 N–H and O–H groups in total. The Balaban J connectivity index is 2.01. The van der Waals surface area contributed by atoms with E-state index < -0.39 is 0 Å². The number of anilines is 1. The van der Waals surface area contributed by atoms with Crippen LogP contribution in [0.15, 0.2) is 12.3 Å². The lowest BCUT2D eigenvalue weighted by Crippen LogP contribution is -2.34. The zero-order valence-corrected chi connectivity index (χ0v) is 11.9. The Morgan fingerprint density at radius 1 is 1.50 bits per heavy atom. The van der Waals surface area contributed by atoms with Crippen LogP contribution in [0.3, 0.4) is 0 Å². The van der Waals surface area contributed by atoms with E-state index in [1.54, 1.807) is 0 Å². The summed E-state index contributed by atoms with van der Waals surface area (Å²) in [5, 5.41) is 0. The number of pyridine rings is 1. The predicted octanol–water partition coefficient (Wildman–Crippen LogP) is 3.13. The first-order valence-electron chi connectivity index (χ1n) is 6.55. The van der Waals surface area contributed by atoms with E-state index in [0.29, 0.717) is 12.0 Å². The minimum Gasteiger partial charge on any atom is -0.376 e.